The molecule has 1 fully saturated rings. The first-order valence-electron chi connectivity index (χ1n) is 4.24. The van der Waals surface area contributed by atoms with Crippen molar-refractivity contribution in [2.24, 2.45) is 0 Å². The minimum absolute atomic E-state index is 0.202. The van der Waals surface area contributed by atoms with E-state index in [4.69, 9.17) is 14.7 Å². The van der Waals surface area contributed by atoms with E-state index in [1.807, 2.05) is 12.1 Å². The van der Waals surface area contributed by atoms with Gasteiger partial charge in [-0.15, -0.1) is 0 Å². The van der Waals surface area contributed by atoms with Crippen LogP contribution in [0.25, 0.3) is 0 Å². The van der Waals surface area contributed by atoms with E-state index in [1.54, 1.807) is 6.07 Å². The molecular weight excluding hydrogens is 246 g/mol. The van der Waals surface area contributed by atoms with Crippen LogP contribution in [-0.4, -0.2) is 19.3 Å². The molecule has 0 aliphatic carbocycles. The molecule has 0 N–H and O–H groups in total. The summed E-state index contributed by atoms with van der Waals surface area (Å²) in [4.78, 5) is 0. The van der Waals surface area contributed by atoms with Gasteiger partial charge >= 0.3 is 0 Å². The van der Waals surface area contributed by atoms with Gasteiger partial charge in [-0.25, -0.2) is 0 Å². The molecule has 2 rings (SSSR count). The zero-order chi connectivity index (χ0) is 9.97. The maximum absolute atomic E-state index is 8.84. The quantitative estimate of drug-likeness (QED) is 0.776. The summed E-state index contributed by atoms with van der Waals surface area (Å²) >= 11 is 3.34. The van der Waals surface area contributed by atoms with Gasteiger partial charge in [-0.3, -0.25) is 0 Å². The summed E-state index contributed by atoms with van der Waals surface area (Å²) in [7, 11) is 0. The molecule has 1 aromatic carbocycles. The van der Waals surface area contributed by atoms with Crippen LogP contribution in [0.1, 0.15) is 5.56 Å². The number of nitrogens with zero attached hydrogens (tertiary/aromatic N) is 1. The van der Waals surface area contributed by atoms with Gasteiger partial charge in [-0.05, 0) is 28.1 Å². The highest BCUT2D eigenvalue weighted by Crippen LogP contribution is 2.29. The van der Waals surface area contributed by atoms with Crippen molar-refractivity contribution < 1.29 is 9.47 Å². The van der Waals surface area contributed by atoms with Crippen molar-refractivity contribution in [3.05, 3.63) is 28.2 Å². The molecule has 0 saturated carbocycles. The maximum Gasteiger partial charge on any atom is 0.151 e. The molecule has 1 saturated heterocycles. The fraction of sp³-hybridized carbons (Fsp3) is 0.300. The normalized spacial score (nSPS) is 18.7. The van der Waals surface area contributed by atoms with Crippen molar-refractivity contribution >= 4 is 15.9 Å². The van der Waals surface area contributed by atoms with Crippen molar-refractivity contribution in [3.8, 4) is 11.8 Å². The molecule has 1 heterocycles. The van der Waals surface area contributed by atoms with E-state index >= 15 is 0 Å². The minimum atomic E-state index is 0.202. The number of benzene rings is 1. The monoisotopic (exact) mass is 253 g/mol. The largest absolute Gasteiger partial charge is 0.488 e. The van der Waals surface area contributed by atoms with Crippen molar-refractivity contribution in [1.82, 2.24) is 0 Å². The Morgan fingerprint density at radius 1 is 1.64 bits per heavy atom. The third-order valence-electron chi connectivity index (χ3n) is 1.90. The average Bonchev–Trinajstić information content (AvgIpc) is 2.99. The Morgan fingerprint density at radius 2 is 2.43 bits per heavy atom. The van der Waals surface area contributed by atoms with E-state index in [9.17, 15) is 0 Å². The number of para-hydroxylation sites is 1. The fourth-order valence-corrected chi connectivity index (χ4v) is 1.56. The van der Waals surface area contributed by atoms with Crippen LogP contribution in [0, 0.1) is 11.3 Å². The highest BCUT2D eigenvalue weighted by atomic mass is 79.9. The molecule has 0 unspecified atom stereocenters. The lowest BCUT2D eigenvalue weighted by Gasteiger charge is -2.07. The Balaban J connectivity index is 2.16. The highest BCUT2D eigenvalue weighted by Gasteiger charge is 2.24. The molecular formula is C10H8BrNO2. The predicted molar refractivity (Wildman–Crippen MR) is 54.1 cm³/mol. The summed E-state index contributed by atoms with van der Waals surface area (Å²) < 4.78 is 11.3. The van der Waals surface area contributed by atoms with E-state index in [1.165, 1.54) is 0 Å². The van der Waals surface area contributed by atoms with Gasteiger partial charge < -0.3 is 9.47 Å². The SMILES string of the molecule is N#Cc1cccc(Br)c1OC[C@H]1CO1. The van der Waals surface area contributed by atoms with Crippen LogP contribution in [0.4, 0.5) is 0 Å². The van der Waals surface area contributed by atoms with E-state index in [0.29, 0.717) is 17.9 Å². The zero-order valence-corrected chi connectivity index (χ0v) is 8.95. The molecule has 0 radical (unpaired) electrons. The molecule has 14 heavy (non-hydrogen) atoms. The van der Waals surface area contributed by atoms with Gasteiger partial charge in [-0.2, -0.15) is 5.26 Å². The first-order chi connectivity index (χ1) is 6.81. The van der Waals surface area contributed by atoms with Crippen LogP contribution in [0.2, 0.25) is 0 Å². The van der Waals surface area contributed by atoms with Crippen molar-refractivity contribution in [3.63, 3.8) is 0 Å². The fourth-order valence-electron chi connectivity index (χ4n) is 1.08. The highest BCUT2D eigenvalue weighted by molar-refractivity contribution is 9.10. The van der Waals surface area contributed by atoms with Gasteiger partial charge in [0.15, 0.2) is 5.75 Å². The number of halogens is 1. The third kappa shape index (κ3) is 2.06. The predicted octanol–water partition coefficient (Wildman–Crippen LogP) is 2.10. The first kappa shape index (κ1) is 9.50. The number of rotatable bonds is 3. The van der Waals surface area contributed by atoms with Crippen LogP contribution < -0.4 is 4.74 Å². The van der Waals surface area contributed by atoms with E-state index in [-0.39, 0.29) is 6.10 Å². The lowest BCUT2D eigenvalue weighted by molar-refractivity contribution is 0.261. The van der Waals surface area contributed by atoms with Crippen LogP contribution in [0.15, 0.2) is 22.7 Å². The average molecular weight is 254 g/mol. The van der Waals surface area contributed by atoms with E-state index in [2.05, 4.69) is 22.0 Å². The topological polar surface area (TPSA) is 45.5 Å². The second-order valence-electron chi connectivity index (χ2n) is 2.99. The molecule has 1 aliphatic rings. The second-order valence-corrected chi connectivity index (χ2v) is 3.85. The summed E-state index contributed by atoms with van der Waals surface area (Å²) in [5.41, 5.74) is 0.542. The molecule has 0 aromatic heterocycles. The summed E-state index contributed by atoms with van der Waals surface area (Å²) in [6, 6.07) is 7.47. The minimum Gasteiger partial charge on any atom is -0.488 e. The second kappa shape index (κ2) is 3.99. The lowest BCUT2D eigenvalue weighted by Crippen LogP contribution is -2.05. The summed E-state index contributed by atoms with van der Waals surface area (Å²) in [6.07, 6.45) is 0.202. The molecule has 1 aromatic rings. The summed E-state index contributed by atoms with van der Waals surface area (Å²) in [5.74, 6) is 0.602. The Bertz CT molecular complexity index is 382. The summed E-state index contributed by atoms with van der Waals surface area (Å²) in [5, 5.41) is 8.84. The molecule has 0 spiro atoms. The number of hydrogen-bond acceptors (Lipinski definition) is 3. The van der Waals surface area contributed by atoms with Gasteiger partial charge in [-0.1, -0.05) is 6.07 Å². The maximum atomic E-state index is 8.84. The Morgan fingerprint density at radius 3 is 3.07 bits per heavy atom. The van der Waals surface area contributed by atoms with Gasteiger partial charge in [0.2, 0.25) is 0 Å². The van der Waals surface area contributed by atoms with Crippen molar-refractivity contribution in [1.29, 1.82) is 5.26 Å². The van der Waals surface area contributed by atoms with Crippen molar-refractivity contribution in [2.75, 3.05) is 13.2 Å². The van der Waals surface area contributed by atoms with Crippen LogP contribution in [0.5, 0.6) is 5.75 Å². The standard InChI is InChI=1S/C10H8BrNO2/c11-9-3-1-2-7(4-12)10(9)14-6-8-5-13-8/h1-3,8H,5-6H2/t8-/m1/s1. The van der Waals surface area contributed by atoms with E-state index in [0.717, 1.165) is 11.1 Å². The Labute approximate surface area is 90.4 Å². The van der Waals surface area contributed by atoms with E-state index < -0.39 is 0 Å². The number of ether oxygens (including phenoxy) is 2. The van der Waals surface area contributed by atoms with Crippen LogP contribution >= 0.6 is 15.9 Å². The van der Waals surface area contributed by atoms with Crippen LogP contribution in [-0.2, 0) is 4.74 Å². The molecule has 3 nitrogen and oxygen atoms in total. The molecule has 0 bridgehead atoms. The smallest absolute Gasteiger partial charge is 0.151 e. The number of epoxide rings is 1. The van der Waals surface area contributed by atoms with Gasteiger partial charge in [0.1, 0.15) is 18.8 Å². The molecule has 1 aliphatic heterocycles. The Hall–Kier alpha value is -1.05. The van der Waals surface area contributed by atoms with Crippen LogP contribution in [0.3, 0.4) is 0 Å². The molecule has 1 atom stereocenters. The Kier molecular flexibility index (Phi) is 2.71. The molecule has 4 heteroatoms. The number of nitriles is 1. The summed E-state index contributed by atoms with van der Waals surface area (Å²) in [6.45, 7) is 1.27. The van der Waals surface area contributed by atoms with Crippen molar-refractivity contribution in [2.45, 2.75) is 6.10 Å². The number of hydrogen-bond donors (Lipinski definition) is 0. The first-order valence-corrected chi connectivity index (χ1v) is 5.03. The molecule has 0 amide bonds. The zero-order valence-electron chi connectivity index (χ0n) is 7.37. The lowest BCUT2D eigenvalue weighted by atomic mass is 10.2. The van der Waals surface area contributed by atoms with Gasteiger partial charge in [0.25, 0.3) is 0 Å². The molecule has 72 valence electrons. The third-order valence-corrected chi connectivity index (χ3v) is 2.53. The van der Waals surface area contributed by atoms with Gasteiger partial charge in [0, 0.05) is 0 Å². The van der Waals surface area contributed by atoms with Gasteiger partial charge in [0.05, 0.1) is 16.6 Å².